The van der Waals surface area contributed by atoms with Gasteiger partial charge in [-0.15, -0.1) is 0 Å². The molecule has 0 rings (SSSR count). The van der Waals surface area contributed by atoms with Gasteiger partial charge in [-0.2, -0.15) is 0 Å². The molecule has 2 heteroatoms. The van der Waals surface area contributed by atoms with Crippen LogP contribution in [0.15, 0.2) is 11.6 Å². The van der Waals surface area contributed by atoms with E-state index in [9.17, 15) is 4.79 Å². The summed E-state index contributed by atoms with van der Waals surface area (Å²) in [7, 11) is 0. The third-order valence-electron chi connectivity index (χ3n) is 2.04. The number of unbranched alkanes of at least 4 members (excludes halogenated alkanes) is 4. The smallest absolute Gasteiger partial charge is 0.328 e. The largest absolute Gasteiger partial charge is 0.478 e. The first-order chi connectivity index (χ1) is 6.16. The van der Waals surface area contributed by atoms with Gasteiger partial charge in [-0.3, -0.25) is 0 Å². The predicted octanol–water partition coefficient (Wildman–Crippen LogP) is 3.38. The molecule has 2 nitrogen and oxygen atoms in total. The number of aliphatic carboxylic acids is 1. The van der Waals surface area contributed by atoms with Crippen molar-refractivity contribution in [3.8, 4) is 0 Å². The van der Waals surface area contributed by atoms with Gasteiger partial charge in [0.25, 0.3) is 0 Å². The number of hydrogen-bond donors (Lipinski definition) is 1. The van der Waals surface area contributed by atoms with Crippen molar-refractivity contribution in [2.75, 3.05) is 0 Å². The van der Waals surface area contributed by atoms with Crippen LogP contribution >= 0.6 is 0 Å². The maximum atomic E-state index is 10.3. The first kappa shape index (κ1) is 12.2. The highest BCUT2D eigenvalue weighted by molar-refractivity contribution is 5.80. The minimum Gasteiger partial charge on any atom is -0.478 e. The number of rotatable bonds is 7. The molecule has 0 saturated carbocycles. The van der Waals surface area contributed by atoms with E-state index in [1.165, 1.54) is 31.8 Å². The molecular formula is C11H20O2. The molecule has 76 valence electrons. The molecule has 13 heavy (non-hydrogen) atoms. The van der Waals surface area contributed by atoms with Crippen molar-refractivity contribution in [3.63, 3.8) is 0 Å². The molecule has 0 amide bonds. The summed E-state index contributed by atoms with van der Waals surface area (Å²) in [4.78, 5) is 10.3. The van der Waals surface area contributed by atoms with Crippen LogP contribution in [-0.2, 0) is 4.79 Å². The minimum absolute atomic E-state index is 0.828. The van der Waals surface area contributed by atoms with Crippen molar-refractivity contribution in [1.82, 2.24) is 0 Å². The lowest BCUT2D eigenvalue weighted by Crippen LogP contribution is -1.90. The van der Waals surface area contributed by atoms with Crippen LogP contribution in [0.2, 0.25) is 0 Å². The molecule has 0 spiro atoms. The number of carboxylic acids is 1. The van der Waals surface area contributed by atoms with Crippen molar-refractivity contribution in [2.24, 2.45) is 0 Å². The van der Waals surface area contributed by atoms with Crippen LogP contribution < -0.4 is 0 Å². The Kier molecular flexibility index (Phi) is 7.36. The molecule has 0 saturated heterocycles. The molecular weight excluding hydrogens is 164 g/mol. The predicted molar refractivity (Wildman–Crippen MR) is 54.8 cm³/mol. The Balaban J connectivity index is 3.37. The number of hydrogen-bond acceptors (Lipinski definition) is 1. The maximum absolute atomic E-state index is 10.3. The van der Waals surface area contributed by atoms with E-state index >= 15 is 0 Å². The van der Waals surface area contributed by atoms with Crippen molar-refractivity contribution in [1.29, 1.82) is 0 Å². The van der Waals surface area contributed by atoms with Crippen LogP contribution in [-0.4, -0.2) is 11.1 Å². The van der Waals surface area contributed by atoms with Crippen molar-refractivity contribution in [3.05, 3.63) is 11.6 Å². The lowest BCUT2D eigenvalue weighted by molar-refractivity contribution is -0.131. The molecule has 1 N–H and O–H groups in total. The van der Waals surface area contributed by atoms with Gasteiger partial charge in [0.05, 0.1) is 0 Å². The Morgan fingerprint density at radius 3 is 2.38 bits per heavy atom. The van der Waals surface area contributed by atoms with Crippen molar-refractivity contribution in [2.45, 2.75) is 52.4 Å². The van der Waals surface area contributed by atoms with E-state index in [2.05, 4.69) is 6.92 Å². The molecule has 0 radical (unpaired) electrons. The maximum Gasteiger partial charge on any atom is 0.328 e. The SMILES string of the molecule is CCCCCCC/C(C)=C/C(=O)O. The summed E-state index contributed by atoms with van der Waals surface area (Å²) >= 11 is 0. The van der Waals surface area contributed by atoms with E-state index < -0.39 is 5.97 Å². The standard InChI is InChI=1S/C11H20O2/c1-3-4-5-6-7-8-10(2)9-11(12)13/h9H,3-8H2,1-2H3,(H,12,13)/b10-9+. The number of carboxylic acid groups (broad SMARTS) is 1. The highest BCUT2D eigenvalue weighted by Crippen LogP contribution is 2.10. The highest BCUT2D eigenvalue weighted by Gasteiger charge is 1.94. The average Bonchev–Trinajstić information content (AvgIpc) is 2.02. The molecule has 0 aliphatic carbocycles. The summed E-state index contributed by atoms with van der Waals surface area (Å²) in [6, 6.07) is 0. The van der Waals surface area contributed by atoms with Gasteiger partial charge in [0, 0.05) is 6.08 Å². The molecule has 0 unspecified atom stereocenters. The molecule has 0 aromatic rings. The third kappa shape index (κ3) is 9.12. The quantitative estimate of drug-likeness (QED) is 0.486. The van der Waals surface area contributed by atoms with Gasteiger partial charge in [-0.05, 0) is 19.8 Å². The average molecular weight is 184 g/mol. The molecule has 0 aliphatic rings. The fraction of sp³-hybridized carbons (Fsp3) is 0.727. The van der Waals surface area contributed by atoms with Gasteiger partial charge in [0.2, 0.25) is 0 Å². The van der Waals surface area contributed by atoms with Crippen LogP contribution in [0.25, 0.3) is 0 Å². The topological polar surface area (TPSA) is 37.3 Å². The van der Waals surface area contributed by atoms with Gasteiger partial charge < -0.3 is 5.11 Å². The van der Waals surface area contributed by atoms with E-state index in [0.717, 1.165) is 18.4 Å². The Morgan fingerprint density at radius 1 is 1.23 bits per heavy atom. The highest BCUT2D eigenvalue weighted by atomic mass is 16.4. The van der Waals surface area contributed by atoms with Crippen molar-refractivity contribution >= 4 is 5.97 Å². The Labute approximate surface area is 80.7 Å². The van der Waals surface area contributed by atoms with Gasteiger partial charge in [-0.25, -0.2) is 4.79 Å². The monoisotopic (exact) mass is 184 g/mol. The van der Waals surface area contributed by atoms with E-state index in [0.29, 0.717) is 0 Å². The first-order valence-corrected chi connectivity index (χ1v) is 5.07. The third-order valence-corrected chi connectivity index (χ3v) is 2.04. The summed E-state index contributed by atoms with van der Waals surface area (Å²) < 4.78 is 0. The Morgan fingerprint density at radius 2 is 1.85 bits per heavy atom. The Hall–Kier alpha value is -0.790. The van der Waals surface area contributed by atoms with E-state index in [1.807, 2.05) is 6.92 Å². The molecule has 0 aromatic heterocycles. The van der Waals surface area contributed by atoms with Gasteiger partial charge in [0.1, 0.15) is 0 Å². The zero-order valence-corrected chi connectivity index (χ0v) is 8.68. The van der Waals surface area contributed by atoms with Crippen LogP contribution in [0, 0.1) is 0 Å². The van der Waals surface area contributed by atoms with Crippen LogP contribution in [0.1, 0.15) is 52.4 Å². The second-order valence-electron chi connectivity index (χ2n) is 3.49. The van der Waals surface area contributed by atoms with Gasteiger partial charge in [-0.1, -0.05) is 38.2 Å². The number of carbonyl (C=O) groups is 1. The van der Waals surface area contributed by atoms with Crippen molar-refractivity contribution < 1.29 is 9.90 Å². The minimum atomic E-state index is -0.828. The van der Waals surface area contributed by atoms with Crippen LogP contribution in [0.4, 0.5) is 0 Å². The van der Waals surface area contributed by atoms with E-state index in [-0.39, 0.29) is 0 Å². The van der Waals surface area contributed by atoms with E-state index in [1.54, 1.807) is 0 Å². The van der Waals surface area contributed by atoms with E-state index in [4.69, 9.17) is 5.11 Å². The van der Waals surface area contributed by atoms with Gasteiger partial charge in [0.15, 0.2) is 0 Å². The van der Waals surface area contributed by atoms with Crippen LogP contribution in [0.3, 0.4) is 0 Å². The summed E-state index contributed by atoms with van der Waals surface area (Å²) in [6.45, 7) is 4.07. The zero-order chi connectivity index (χ0) is 10.1. The Bertz CT molecular complexity index is 171. The normalized spacial score (nSPS) is 11.7. The summed E-state index contributed by atoms with van der Waals surface area (Å²) in [6.07, 6.45) is 8.40. The molecule has 0 heterocycles. The van der Waals surface area contributed by atoms with Gasteiger partial charge >= 0.3 is 5.97 Å². The lowest BCUT2D eigenvalue weighted by atomic mass is 10.1. The second kappa shape index (κ2) is 7.84. The molecule has 0 aromatic carbocycles. The number of allylic oxidation sites excluding steroid dienone is 1. The first-order valence-electron chi connectivity index (χ1n) is 5.07. The molecule has 0 bridgehead atoms. The molecule has 0 aliphatic heterocycles. The zero-order valence-electron chi connectivity index (χ0n) is 8.68. The molecule has 0 fully saturated rings. The summed E-state index contributed by atoms with van der Waals surface area (Å²) in [5, 5.41) is 8.45. The van der Waals surface area contributed by atoms with Crippen LogP contribution in [0.5, 0.6) is 0 Å². The lowest BCUT2D eigenvalue weighted by Gasteiger charge is -1.99. The fourth-order valence-corrected chi connectivity index (χ4v) is 1.29. The summed E-state index contributed by atoms with van der Waals surface area (Å²) in [5.74, 6) is -0.828. The fourth-order valence-electron chi connectivity index (χ4n) is 1.29. The summed E-state index contributed by atoms with van der Waals surface area (Å²) in [5.41, 5.74) is 0.976. The molecule has 0 atom stereocenters. The second-order valence-corrected chi connectivity index (χ2v) is 3.49.